The van der Waals surface area contributed by atoms with E-state index in [9.17, 15) is 9.59 Å². The van der Waals surface area contributed by atoms with Crippen molar-refractivity contribution in [2.75, 3.05) is 27.9 Å². The molecule has 0 saturated heterocycles. The van der Waals surface area contributed by atoms with Crippen molar-refractivity contribution in [2.45, 2.75) is 0 Å². The van der Waals surface area contributed by atoms with Gasteiger partial charge in [0.1, 0.15) is 5.75 Å². The Labute approximate surface area is 191 Å². The average Bonchev–Trinajstić information content (AvgIpc) is 3.36. The van der Waals surface area contributed by atoms with Gasteiger partial charge in [0, 0.05) is 5.56 Å². The number of thiazole rings is 1. The van der Waals surface area contributed by atoms with E-state index < -0.39 is 5.91 Å². The molecule has 2 aromatic carbocycles. The molecule has 0 fully saturated rings. The summed E-state index contributed by atoms with van der Waals surface area (Å²) in [5.74, 6) is 1.69. The highest BCUT2D eigenvalue weighted by Gasteiger charge is 2.18. The highest BCUT2D eigenvalue weighted by Crippen LogP contribution is 2.40. The molecule has 0 unspecified atom stereocenters. The van der Waals surface area contributed by atoms with E-state index in [1.807, 2.05) is 0 Å². The van der Waals surface area contributed by atoms with Crippen LogP contribution in [-0.4, -0.2) is 48.4 Å². The van der Waals surface area contributed by atoms with Gasteiger partial charge in [-0.25, -0.2) is 0 Å². The number of nitrogens with zero attached hydrogens (tertiary/aromatic N) is 3. The third-order valence-corrected chi connectivity index (χ3v) is 5.62. The molecule has 11 heteroatoms. The maximum Gasteiger partial charge on any atom is 0.291 e. The van der Waals surface area contributed by atoms with Crippen molar-refractivity contribution >= 4 is 28.3 Å². The lowest BCUT2D eigenvalue weighted by molar-refractivity contribution is -0.119. The zero-order valence-corrected chi connectivity index (χ0v) is 18.8. The van der Waals surface area contributed by atoms with Crippen molar-refractivity contribution in [3.8, 4) is 34.4 Å². The van der Waals surface area contributed by atoms with Gasteiger partial charge in [0.2, 0.25) is 10.7 Å². The monoisotopic (exact) mass is 468 g/mol. The Morgan fingerprint density at radius 1 is 1.09 bits per heavy atom. The molecule has 4 rings (SSSR count). The average molecular weight is 468 g/mol. The summed E-state index contributed by atoms with van der Waals surface area (Å²) in [5, 5.41) is 4.37. The van der Waals surface area contributed by atoms with E-state index in [4.69, 9.17) is 24.7 Å². The van der Waals surface area contributed by atoms with Gasteiger partial charge >= 0.3 is 0 Å². The van der Waals surface area contributed by atoms with E-state index in [0.29, 0.717) is 43.9 Å². The molecule has 0 aliphatic rings. The van der Waals surface area contributed by atoms with E-state index in [0.717, 1.165) is 5.56 Å². The van der Waals surface area contributed by atoms with Crippen molar-refractivity contribution in [1.82, 2.24) is 14.6 Å². The number of benzene rings is 2. The van der Waals surface area contributed by atoms with Crippen LogP contribution in [0.4, 0.5) is 0 Å². The summed E-state index contributed by atoms with van der Waals surface area (Å²) in [4.78, 5) is 28.6. The van der Waals surface area contributed by atoms with Gasteiger partial charge in [-0.3, -0.25) is 9.59 Å². The number of amides is 1. The van der Waals surface area contributed by atoms with Crippen LogP contribution in [0.25, 0.3) is 22.4 Å². The molecular weight excluding hydrogens is 448 g/mol. The Bertz CT molecular complexity index is 1400. The molecule has 0 saturated carbocycles. The minimum atomic E-state index is -0.554. The number of nitrogens with two attached hydrogens (primary N) is 1. The maximum absolute atomic E-state index is 12.9. The summed E-state index contributed by atoms with van der Waals surface area (Å²) in [6.07, 6.45) is 1.74. The van der Waals surface area contributed by atoms with Crippen LogP contribution < -0.4 is 34.8 Å². The van der Waals surface area contributed by atoms with Crippen molar-refractivity contribution in [1.29, 1.82) is 0 Å². The summed E-state index contributed by atoms with van der Waals surface area (Å²) in [5.41, 5.74) is 6.19. The molecule has 0 spiro atoms. The minimum Gasteiger partial charge on any atom is -0.493 e. The first-order valence-corrected chi connectivity index (χ1v) is 10.5. The van der Waals surface area contributed by atoms with E-state index >= 15 is 0 Å². The van der Waals surface area contributed by atoms with Gasteiger partial charge in [0.25, 0.3) is 11.5 Å². The zero-order chi connectivity index (χ0) is 23.5. The molecule has 170 valence electrons. The van der Waals surface area contributed by atoms with Crippen LogP contribution in [-0.2, 0) is 4.79 Å². The molecule has 0 radical (unpaired) electrons. The molecule has 0 bridgehead atoms. The van der Waals surface area contributed by atoms with Crippen molar-refractivity contribution in [3.05, 3.63) is 56.8 Å². The third-order valence-electron chi connectivity index (χ3n) is 4.66. The summed E-state index contributed by atoms with van der Waals surface area (Å²) in [6, 6.07) is 10.4. The molecule has 1 amide bonds. The maximum atomic E-state index is 12.9. The summed E-state index contributed by atoms with van der Waals surface area (Å²) in [6.45, 7) is -0.199. The lowest BCUT2D eigenvalue weighted by atomic mass is 10.1. The molecule has 2 N–H and O–H groups in total. The van der Waals surface area contributed by atoms with Crippen LogP contribution >= 0.6 is 11.3 Å². The number of rotatable bonds is 8. The highest BCUT2D eigenvalue weighted by molar-refractivity contribution is 7.15. The van der Waals surface area contributed by atoms with E-state index in [-0.39, 0.29) is 12.2 Å². The second-order valence-electron chi connectivity index (χ2n) is 6.78. The topological polar surface area (TPSA) is 127 Å². The Kier molecular flexibility index (Phi) is 6.13. The molecule has 0 aliphatic heterocycles. The predicted octanol–water partition coefficient (Wildman–Crippen LogP) is 1.26. The van der Waals surface area contributed by atoms with Crippen molar-refractivity contribution in [2.24, 2.45) is 5.73 Å². The number of fused-ring (bicyclic) bond motifs is 1. The number of primary amides is 1. The molecule has 2 aromatic heterocycles. The summed E-state index contributed by atoms with van der Waals surface area (Å²) in [7, 11) is 4.57. The number of carbonyl (C=O) groups excluding carboxylic acids is 1. The molecule has 10 nitrogen and oxygen atoms in total. The fourth-order valence-electron chi connectivity index (χ4n) is 3.13. The van der Waals surface area contributed by atoms with Gasteiger partial charge in [0.15, 0.2) is 23.9 Å². The molecule has 33 heavy (non-hydrogen) atoms. The number of carbonyl (C=O) groups is 1. The molecule has 0 atom stereocenters. The Hall–Kier alpha value is -4.12. The lowest BCUT2D eigenvalue weighted by Crippen LogP contribution is -2.23. The smallest absolute Gasteiger partial charge is 0.291 e. The molecule has 2 heterocycles. The van der Waals surface area contributed by atoms with E-state index in [2.05, 4.69) is 10.1 Å². The Balaban J connectivity index is 1.67. The molecule has 4 aromatic rings. The first-order chi connectivity index (χ1) is 15.9. The third kappa shape index (κ3) is 4.44. The fraction of sp³-hybridized carbons (Fsp3) is 0.182. The highest BCUT2D eigenvalue weighted by atomic mass is 32.1. The quantitative estimate of drug-likeness (QED) is 0.409. The van der Waals surface area contributed by atoms with Crippen LogP contribution in [0.1, 0.15) is 5.56 Å². The van der Waals surface area contributed by atoms with Crippen LogP contribution in [0.5, 0.6) is 23.0 Å². The second-order valence-corrected chi connectivity index (χ2v) is 7.79. The number of aromatic nitrogens is 3. The van der Waals surface area contributed by atoms with Crippen LogP contribution in [0.15, 0.2) is 41.2 Å². The summed E-state index contributed by atoms with van der Waals surface area (Å²) >= 11 is 1.22. The van der Waals surface area contributed by atoms with Gasteiger partial charge in [-0.2, -0.15) is 9.50 Å². The van der Waals surface area contributed by atoms with Gasteiger partial charge < -0.3 is 24.7 Å². The van der Waals surface area contributed by atoms with Gasteiger partial charge in [-0.1, -0.05) is 23.5 Å². The van der Waals surface area contributed by atoms with E-state index in [1.165, 1.54) is 37.2 Å². The zero-order valence-electron chi connectivity index (χ0n) is 18.0. The van der Waals surface area contributed by atoms with Crippen LogP contribution in [0.3, 0.4) is 0 Å². The minimum absolute atomic E-state index is 0.199. The predicted molar refractivity (Wildman–Crippen MR) is 122 cm³/mol. The summed E-state index contributed by atoms with van der Waals surface area (Å²) < 4.78 is 23.1. The lowest BCUT2D eigenvalue weighted by Gasteiger charge is -2.12. The number of hydrogen-bond acceptors (Lipinski definition) is 9. The fourth-order valence-corrected chi connectivity index (χ4v) is 4.04. The van der Waals surface area contributed by atoms with Crippen molar-refractivity contribution < 1.29 is 23.7 Å². The molecule has 0 aliphatic carbocycles. The second kappa shape index (κ2) is 9.17. The SMILES string of the molecule is COc1cc(-c2nc3s/c(=C\c4ccc(OCC(N)=O)cc4)c(=O)n3n2)cc(OC)c1OC. The van der Waals surface area contributed by atoms with Gasteiger partial charge in [-0.15, -0.1) is 5.10 Å². The standard InChI is InChI=1S/C22H20N4O6S/c1-29-15-9-13(10-16(30-2)19(15)31-3)20-24-22-26(25-20)21(28)17(33-22)8-12-4-6-14(7-5-12)32-11-18(23)27/h4-10H,11H2,1-3H3,(H2,23,27)/b17-8-. The number of ether oxygens (including phenoxy) is 4. The van der Waals surface area contributed by atoms with Crippen molar-refractivity contribution in [3.63, 3.8) is 0 Å². The van der Waals surface area contributed by atoms with Gasteiger partial charge in [0.05, 0.1) is 25.9 Å². The van der Waals surface area contributed by atoms with Crippen LogP contribution in [0, 0.1) is 0 Å². The Morgan fingerprint density at radius 3 is 2.30 bits per heavy atom. The normalized spacial score (nSPS) is 11.5. The number of methoxy groups -OCH3 is 3. The van der Waals surface area contributed by atoms with Gasteiger partial charge in [-0.05, 0) is 35.9 Å². The Morgan fingerprint density at radius 2 is 1.76 bits per heavy atom. The van der Waals surface area contributed by atoms with Crippen LogP contribution in [0.2, 0.25) is 0 Å². The largest absolute Gasteiger partial charge is 0.493 e. The first kappa shape index (κ1) is 22.1. The molecular formula is C22H20N4O6S. The van der Waals surface area contributed by atoms with E-state index in [1.54, 1.807) is 42.5 Å². The first-order valence-electron chi connectivity index (χ1n) is 9.66. The number of hydrogen-bond donors (Lipinski definition) is 1.